The van der Waals surface area contributed by atoms with Gasteiger partial charge in [0.1, 0.15) is 5.82 Å². The second-order valence-electron chi connectivity index (χ2n) is 4.13. The molecule has 1 aromatic rings. The summed E-state index contributed by atoms with van der Waals surface area (Å²) in [6.45, 7) is 5.46. The first-order chi connectivity index (χ1) is 8.60. The van der Waals surface area contributed by atoms with Crippen molar-refractivity contribution in [1.82, 2.24) is 4.98 Å². The van der Waals surface area contributed by atoms with Crippen LogP contribution in [0, 0.1) is 0 Å². The quantitative estimate of drug-likeness (QED) is 0.804. The maximum absolute atomic E-state index is 10.9. The number of hydrogen-bond acceptors (Lipinski definition) is 4. The number of ether oxygens (including phenoxy) is 1. The van der Waals surface area contributed by atoms with E-state index in [-0.39, 0.29) is 11.7 Å². The van der Waals surface area contributed by atoms with E-state index in [1.54, 1.807) is 13.2 Å². The van der Waals surface area contributed by atoms with Gasteiger partial charge in [0.2, 0.25) is 0 Å². The SMILES string of the molecule is CCC(C)N(CCOC)c1cccc(C(=O)O)n1. The summed E-state index contributed by atoms with van der Waals surface area (Å²) < 4.78 is 5.08. The van der Waals surface area contributed by atoms with Crippen molar-refractivity contribution < 1.29 is 14.6 Å². The third-order valence-corrected chi connectivity index (χ3v) is 2.91. The Morgan fingerprint density at radius 2 is 2.28 bits per heavy atom. The van der Waals surface area contributed by atoms with Crippen molar-refractivity contribution in [2.24, 2.45) is 0 Å². The van der Waals surface area contributed by atoms with E-state index in [1.165, 1.54) is 6.07 Å². The molecule has 0 fully saturated rings. The molecule has 0 aliphatic carbocycles. The fourth-order valence-electron chi connectivity index (χ4n) is 1.67. The molecule has 1 aromatic heterocycles. The molecule has 0 saturated carbocycles. The fourth-order valence-corrected chi connectivity index (χ4v) is 1.67. The second-order valence-corrected chi connectivity index (χ2v) is 4.13. The Labute approximate surface area is 107 Å². The molecule has 5 nitrogen and oxygen atoms in total. The maximum Gasteiger partial charge on any atom is 0.354 e. The van der Waals surface area contributed by atoms with Gasteiger partial charge in [-0.15, -0.1) is 0 Å². The third kappa shape index (κ3) is 3.70. The highest BCUT2D eigenvalue weighted by Crippen LogP contribution is 2.16. The van der Waals surface area contributed by atoms with Crippen molar-refractivity contribution in [3.8, 4) is 0 Å². The molecule has 100 valence electrons. The number of aromatic carboxylic acids is 1. The van der Waals surface area contributed by atoms with Gasteiger partial charge in [-0.3, -0.25) is 0 Å². The van der Waals surface area contributed by atoms with Crippen LogP contribution in [0.1, 0.15) is 30.8 Å². The average molecular weight is 252 g/mol. The highest BCUT2D eigenvalue weighted by molar-refractivity contribution is 5.85. The van der Waals surface area contributed by atoms with Gasteiger partial charge in [-0.25, -0.2) is 9.78 Å². The summed E-state index contributed by atoms with van der Waals surface area (Å²) in [6, 6.07) is 5.33. The standard InChI is InChI=1S/C13H20N2O3/c1-4-10(2)15(8-9-18-3)12-7-5-6-11(14-12)13(16)17/h5-7,10H,4,8-9H2,1-3H3,(H,16,17). The molecule has 0 aliphatic rings. The molecule has 0 aromatic carbocycles. The number of nitrogens with zero attached hydrogens (tertiary/aromatic N) is 2. The molecule has 0 saturated heterocycles. The summed E-state index contributed by atoms with van der Waals surface area (Å²) in [5, 5.41) is 8.96. The smallest absolute Gasteiger partial charge is 0.354 e. The Hall–Kier alpha value is -1.62. The van der Waals surface area contributed by atoms with E-state index in [2.05, 4.69) is 23.7 Å². The summed E-state index contributed by atoms with van der Waals surface area (Å²) in [5.74, 6) is -0.325. The Balaban J connectivity index is 2.96. The first-order valence-corrected chi connectivity index (χ1v) is 6.06. The number of anilines is 1. The van der Waals surface area contributed by atoms with Crippen molar-refractivity contribution in [1.29, 1.82) is 0 Å². The zero-order chi connectivity index (χ0) is 13.5. The van der Waals surface area contributed by atoms with Crippen LogP contribution >= 0.6 is 0 Å². The van der Waals surface area contributed by atoms with Crippen molar-refractivity contribution in [2.45, 2.75) is 26.3 Å². The molecule has 1 heterocycles. The predicted molar refractivity (Wildman–Crippen MR) is 70.2 cm³/mol. The summed E-state index contributed by atoms with van der Waals surface area (Å²) in [7, 11) is 1.65. The molecule has 0 bridgehead atoms. The molecule has 0 spiro atoms. The van der Waals surface area contributed by atoms with E-state index in [4.69, 9.17) is 9.84 Å². The minimum absolute atomic E-state index is 0.0678. The van der Waals surface area contributed by atoms with E-state index < -0.39 is 5.97 Å². The van der Waals surface area contributed by atoms with E-state index >= 15 is 0 Å². The van der Waals surface area contributed by atoms with E-state index in [1.807, 2.05) is 6.07 Å². The Kier molecular flexibility index (Phi) is 5.58. The van der Waals surface area contributed by atoms with Crippen LogP contribution in [0.15, 0.2) is 18.2 Å². The van der Waals surface area contributed by atoms with Crippen molar-refractivity contribution in [3.05, 3.63) is 23.9 Å². The van der Waals surface area contributed by atoms with Gasteiger partial charge in [0.15, 0.2) is 5.69 Å². The molecular weight excluding hydrogens is 232 g/mol. The highest BCUT2D eigenvalue weighted by Gasteiger charge is 2.15. The fraction of sp³-hybridized carbons (Fsp3) is 0.538. The summed E-state index contributed by atoms with van der Waals surface area (Å²) >= 11 is 0. The lowest BCUT2D eigenvalue weighted by atomic mass is 10.2. The molecule has 1 rings (SSSR count). The highest BCUT2D eigenvalue weighted by atomic mass is 16.5. The number of pyridine rings is 1. The van der Waals surface area contributed by atoms with Gasteiger partial charge in [-0.1, -0.05) is 13.0 Å². The van der Waals surface area contributed by atoms with Gasteiger partial charge >= 0.3 is 5.97 Å². The van der Waals surface area contributed by atoms with Crippen LogP contribution in [0.5, 0.6) is 0 Å². The van der Waals surface area contributed by atoms with Crippen LogP contribution in [-0.4, -0.2) is 42.4 Å². The predicted octanol–water partition coefficient (Wildman–Crippen LogP) is 2.03. The molecule has 18 heavy (non-hydrogen) atoms. The Morgan fingerprint density at radius 1 is 1.56 bits per heavy atom. The number of aromatic nitrogens is 1. The van der Waals surface area contributed by atoms with E-state index in [9.17, 15) is 4.79 Å². The molecule has 0 radical (unpaired) electrons. The molecule has 5 heteroatoms. The van der Waals surface area contributed by atoms with E-state index in [0.29, 0.717) is 19.0 Å². The normalized spacial score (nSPS) is 12.2. The van der Waals surface area contributed by atoms with Crippen molar-refractivity contribution >= 4 is 11.8 Å². The van der Waals surface area contributed by atoms with Crippen LogP contribution in [0.4, 0.5) is 5.82 Å². The first kappa shape index (κ1) is 14.4. The zero-order valence-corrected chi connectivity index (χ0v) is 11.1. The van der Waals surface area contributed by atoms with Crippen molar-refractivity contribution in [2.75, 3.05) is 25.2 Å². The van der Waals surface area contributed by atoms with Crippen LogP contribution in [-0.2, 0) is 4.74 Å². The zero-order valence-electron chi connectivity index (χ0n) is 11.1. The molecular formula is C13H20N2O3. The number of methoxy groups -OCH3 is 1. The number of carbonyl (C=O) groups is 1. The molecule has 1 N–H and O–H groups in total. The van der Waals surface area contributed by atoms with Crippen LogP contribution in [0.3, 0.4) is 0 Å². The molecule has 1 unspecified atom stereocenters. The lowest BCUT2D eigenvalue weighted by Crippen LogP contribution is -2.36. The van der Waals surface area contributed by atoms with Gasteiger partial charge in [0, 0.05) is 19.7 Å². The van der Waals surface area contributed by atoms with E-state index in [0.717, 1.165) is 6.42 Å². The minimum Gasteiger partial charge on any atom is -0.477 e. The monoisotopic (exact) mass is 252 g/mol. The lowest BCUT2D eigenvalue weighted by Gasteiger charge is -2.29. The Bertz CT molecular complexity index is 396. The summed E-state index contributed by atoms with van der Waals surface area (Å²) in [6.07, 6.45) is 0.961. The lowest BCUT2D eigenvalue weighted by molar-refractivity contribution is 0.0690. The summed E-state index contributed by atoms with van der Waals surface area (Å²) in [4.78, 5) is 17.2. The second kappa shape index (κ2) is 6.96. The van der Waals surface area contributed by atoms with Crippen LogP contribution in [0.2, 0.25) is 0 Å². The van der Waals surface area contributed by atoms with Gasteiger partial charge in [-0.05, 0) is 25.5 Å². The number of carboxylic acid groups (broad SMARTS) is 1. The topological polar surface area (TPSA) is 62.7 Å². The maximum atomic E-state index is 10.9. The van der Waals surface area contributed by atoms with Gasteiger partial charge in [0.05, 0.1) is 6.61 Å². The summed E-state index contributed by atoms with van der Waals surface area (Å²) in [5.41, 5.74) is 0.0678. The molecule has 0 amide bonds. The number of rotatable bonds is 7. The van der Waals surface area contributed by atoms with Crippen LogP contribution in [0.25, 0.3) is 0 Å². The number of hydrogen-bond donors (Lipinski definition) is 1. The van der Waals surface area contributed by atoms with Gasteiger partial charge in [-0.2, -0.15) is 0 Å². The van der Waals surface area contributed by atoms with Crippen LogP contribution < -0.4 is 4.90 Å². The van der Waals surface area contributed by atoms with Gasteiger partial charge < -0.3 is 14.7 Å². The largest absolute Gasteiger partial charge is 0.477 e. The minimum atomic E-state index is -1.01. The first-order valence-electron chi connectivity index (χ1n) is 6.06. The molecule has 1 atom stereocenters. The average Bonchev–Trinajstić information content (AvgIpc) is 2.39. The van der Waals surface area contributed by atoms with Gasteiger partial charge in [0.25, 0.3) is 0 Å². The van der Waals surface area contributed by atoms with Crippen molar-refractivity contribution in [3.63, 3.8) is 0 Å². The third-order valence-electron chi connectivity index (χ3n) is 2.91. The number of carboxylic acids is 1. The Morgan fingerprint density at radius 3 is 2.83 bits per heavy atom. The molecule has 0 aliphatic heterocycles.